The first-order chi connectivity index (χ1) is 12.7. The molecule has 3 N–H and O–H groups in total. The molecule has 0 radical (unpaired) electrons. The molecule has 0 heterocycles. The molecule has 0 bridgehead atoms. The summed E-state index contributed by atoms with van der Waals surface area (Å²) in [6.07, 6.45) is 0.858. The number of rotatable bonds is 8. The first-order valence-electron chi connectivity index (χ1n) is 8.66. The number of sulfonamides is 1. The highest BCUT2D eigenvalue weighted by atomic mass is 32.2. The summed E-state index contributed by atoms with van der Waals surface area (Å²) in [7, 11) is -3.70. The van der Waals surface area contributed by atoms with Crippen LogP contribution in [-0.4, -0.2) is 26.7 Å². The molecule has 0 fully saturated rings. The zero-order valence-corrected chi connectivity index (χ0v) is 16.3. The Balaban J connectivity index is 1.78. The number of nitrogens with two attached hydrogens (primary N) is 1. The van der Waals surface area contributed by atoms with E-state index < -0.39 is 10.0 Å². The Bertz CT molecular complexity index is 935. The number of aryl methyl sites for hydroxylation is 2. The van der Waals surface area contributed by atoms with Gasteiger partial charge < -0.3 is 5.32 Å². The number of ketones is 1. The third kappa shape index (κ3) is 6.30. The fourth-order valence-electron chi connectivity index (χ4n) is 2.68. The summed E-state index contributed by atoms with van der Waals surface area (Å²) in [5.74, 6) is -0.222. The molecule has 1 amide bonds. The first-order valence-corrected chi connectivity index (χ1v) is 10.2. The number of carbonyl (C=O) groups excluding carboxylic acids is 2. The highest BCUT2D eigenvalue weighted by Gasteiger charge is 2.12. The average molecular weight is 388 g/mol. The lowest BCUT2D eigenvalue weighted by Crippen LogP contribution is -2.26. The van der Waals surface area contributed by atoms with Gasteiger partial charge in [0.15, 0.2) is 5.78 Å². The minimum absolute atomic E-state index is 0.0371. The lowest BCUT2D eigenvalue weighted by molar-refractivity contribution is -0.121. The van der Waals surface area contributed by atoms with Crippen LogP contribution in [0.3, 0.4) is 0 Å². The number of benzene rings is 2. The van der Waals surface area contributed by atoms with E-state index in [1.54, 1.807) is 12.1 Å². The predicted octanol–water partition coefficient (Wildman–Crippen LogP) is 2.27. The first kappa shape index (κ1) is 20.8. The molecule has 27 heavy (non-hydrogen) atoms. The van der Waals surface area contributed by atoms with E-state index in [0.29, 0.717) is 18.5 Å². The van der Waals surface area contributed by atoms with Gasteiger partial charge in [0.2, 0.25) is 15.9 Å². The third-order valence-electron chi connectivity index (χ3n) is 4.26. The number of carbonyl (C=O) groups is 2. The van der Waals surface area contributed by atoms with E-state index in [1.807, 2.05) is 32.0 Å². The van der Waals surface area contributed by atoms with Crippen molar-refractivity contribution in [2.24, 2.45) is 5.14 Å². The van der Waals surface area contributed by atoms with Gasteiger partial charge in [-0.15, -0.1) is 0 Å². The van der Waals surface area contributed by atoms with E-state index in [4.69, 9.17) is 5.14 Å². The van der Waals surface area contributed by atoms with Gasteiger partial charge in [-0.1, -0.05) is 29.8 Å². The van der Waals surface area contributed by atoms with Crippen LogP contribution in [0.5, 0.6) is 0 Å². The van der Waals surface area contributed by atoms with Crippen molar-refractivity contribution in [2.45, 2.75) is 38.0 Å². The van der Waals surface area contributed by atoms with Crippen LogP contribution in [-0.2, 0) is 21.2 Å². The van der Waals surface area contributed by atoms with Gasteiger partial charge in [0.05, 0.1) is 4.90 Å². The van der Waals surface area contributed by atoms with E-state index in [2.05, 4.69) is 5.32 Å². The Morgan fingerprint density at radius 3 is 2.30 bits per heavy atom. The van der Waals surface area contributed by atoms with Crippen LogP contribution in [0.2, 0.25) is 0 Å². The molecule has 2 aromatic carbocycles. The largest absolute Gasteiger partial charge is 0.356 e. The standard InChI is InChI=1S/C20H24N2O4S/c1-14-3-4-15(2)18(13-14)19(23)9-10-20(24)22-12-11-16-5-7-17(8-6-16)27(21,25)26/h3-8,13H,9-12H2,1-2H3,(H,22,24)(H2,21,25,26). The lowest BCUT2D eigenvalue weighted by Gasteiger charge is -2.08. The van der Waals surface area contributed by atoms with Crippen molar-refractivity contribution < 1.29 is 18.0 Å². The minimum atomic E-state index is -3.70. The maximum absolute atomic E-state index is 12.3. The fourth-order valence-corrected chi connectivity index (χ4v) is 3.19. The minimum Gasteiger partial charge on any atom is -0.356 e. The van der Waals surface area contributed by atoms with E-state index >= 15 is 0 Å². The molecule has 0 aromatic heterocycles. The summed E-state index contributed by atoms with van der Waals surface area (Å²) in [4.78, 5) is 24.3. The van der Waals surface area contributed by atoms with Crippen LogP contribution in [0.25, 0.3) is 0 Å². The molecular weight excluding hydrogens is 364 g/mol. The Kier molecular flexibility index (Phi) is 6.87. The van der Waals surface area contributed by atoms with Crippen molar-refractivity contribution >= 4 is 21.7 Å². The van der Waals surface area contributed by atoms with Crippen molar-refractivity contribution in [1.82, 2.24) is 5.32 Å². The molecule has 0 aliphatic carbocycles. The van der Waals surface area contributed by atoms with Crippen LogP contribution in [0.1, 0.15) is 39.9 Å². The van der Waals surface area contributed by atoms with Crippen molar-refractivity contribution in [2.75, 3.05) is 6.54 Å². The SMILES string of the molecule is Cc1ccc(C)c(C(=O)CCC(=O)NCCc2ccc(S(N)(=O)=O)cc2)c1. The molecule has 0 atom stereocenters. The van der Waals surface area contributed by atoms with Crippen LogP contribution in [0.4, 0.5) is 0 Å². The average Bonchev–Trinajstić information content (AvgIpc) is 2.61. The van der Waals surface area contributed by atoms with Crippen molar-refractivity contribution in [3.8, 4) is 0 Å². The molecule has 2 aromatic rings. The van der Waals surface area contributed by atoms with E-state index in [9.17, 15) is 18.0 Å². The second kappa shape index (κ2) is 8.92. The van der Waals surface area contributed by atoms with Gasteiger partial charge in [-0.3, -0.25) is 9.59 Å². The van der Waals surface area contributed by atoms with E-state index in [-0.39, 0.29) is 29.4 Å². The number of primary sulfonamides is 1. The van der Waals surface area contributed by atoms with E-state index in [1.165, 1.54) is 12.1 Å². The molecule has 0 saturated carbocycles. The molecule has 0 saturated heterocycles. The molecule has 144 valence electrons. The molecule has 6 nitrogen and oxygen atoms in total. The van der Waals surface area contributed by atoms with Gasteiger partial charge >= 0.3 is 0 Å². The van der Waals surface area contributed by atoms with Crippen LogP contribution in [0, 0.1) is 13.8 Å². The lowest BCUT2D eigenvalue weighted by atomic mass is 9.99. The second-order valence-corrected chi connectivity index (χ2v) is 8.09. The second-order valence-electron chi connectivity index (χ2n) is 6.53. The Hall–Kier alpha value is -2.51. The summed E-state index contributed by atoms with van der Waals surface area (Å²) in [6.45, 7) is 4.22. The highest BCUT2D eigenvalue weighted by molar-refractivity contribution is 7.89. The summed E-state index contributed by atoms with van der Waals surface area (Å²) in [5, 5.41) is 7.83. The van der Waals surface area contributed by atoms with Gasteiger partial charge in [-0.2, -0.15) is 0 Å². The molecular formula is C20H24N2O4S. The predicted molar refractivity (Wildman–Crippen MR) is 104 cm³/mol. The normalized spacial score (nSPS) is 11.2. The Morgan fingerprint density at radius 1 is 1.00 bits per heavy atom. The third-order valence-corrected chi connectivity index (χ3v) is 5.19. The monoisotopic (exact) mass is 388 g/mol. The van der Waals surface area contributed by atoms with Crippen molar-refractivity contribution in [3.05, 3.63) is 64.7 Å². The quantitative estimate of drug-likeness (QED) is 0.677. The van der Waals surface area contributed by atoms with E-state index in [0.717, 1.165) is 16.7 Å². The Labute approximate surface area is 159 Å². The fraction of sp³-hybridized carbons (Fsp3) is 0.300. The van der Waals surface area contributed by atoms with Crippen LogP contribution < -0.4 is 10.5 Å². The van der Waals surface area contributed by atoms with Gasteiger partial charge in [0.1, 0.15) is 0 Å². The number of amides is 1. The summed E-state index contributed by atoms with van der Waals surface area (Å²) >= 11 is 0. The van der Waals surface area contributed by atoms with Gasteiger partial charge in [0.25, 0.3) is 0 Å². The summed E-state index contributed by atoms with van der Waals surface area (Å²) < 4.78 is 22.4. The van der Waals surface area contributed by atoms with Gasteiger partial charge in [0, 0.05) is 24.9 Å². The number of nitrogens with one attached hydrogen (secondary N) is 1. The number of hydrogen-bond acceptors (Lipinski definition) is 4. The smallest absolute Gasteiger partial charge is 0.238 e. The topological polar surface area (TPSA) is 106 Å². The van der Waals surface area contributed by atoms with Crippen molar-refractivity contribution in [3.63, 3.8) is 0 Å². The molecule has 7 heteroatoms. The summed E-state index contributed by atoms with van der Waals surface area (Å²) in [6, 6.07) is 11.9. The number of hydrogen-bond donors (Lipinski definition) is 2. The van der Waals surface area contributed by atoms with Crippen LogP contribution in [0.15, 0.2) is 47.4 Å². The zero-order valence-electron chi connectivity index (χ0n) is 15.5. The highest BCUT2D eigenvalue weighted by Crippen LogP contribution is 2.14. The molecule has 0 aliphatic heterocycles. The molecule has 0 unspecified atom stereocenters. The summed E-state index contributed by atoms with van der Waals surface area (Å²) in [5.41, 5.74) is 3.47. The molecule has 0 aliphatic rings. The Morgan fingerprint density at radius 2 is 1.67 bits per heavy atom. The number of Topliss-reactive ketones (excluding diaryl/α,β-unsaturated/α-hetero) is 1. The van der Waals surface area contributed by atoms with Gasteiger partial charge in [-0.05, 0) is 49.6 Å². The van der Waals surface area contributed by atoms with Crippen LogP contribution >= 0.6 is 0 Å². The molecule has 2 rings (SSSR count). The molecule has 0 spiro atoms. The maximum atomic E-state index is 12.3. The maximum Gasteiger partial charge on any atom is 0.238 e. The zero-order chi connectivity index (χ0) is 20.0. The van der Waals surface area contributed by atoms with Gasteiger partial charge in [-0.25, -0.2) is 13.6 Å². The van der Waals surface area contributed by atoms with Crippen molar-refractivity contribution in [1.29, 1.82) is 0 Å².